The molecule has 1 aliphatic heterocycles. The fourth-order valence-electron chi connectivity index (χ4n) is 4.68. The van der Waals surface area contributed by atoms with Crippen molar-refractivity contribution in [1.82, 2.24) is 5.32 Å². The van der Waals surface area contributed by atoms with Gasteiger partial charge in [0.05, 0.1) is 12.2 Å². The number of ether oxygens (including phenoxy) is 2. The molecule has 5 nitrogen and oxygen atoms in total. The van der Waals surface area contributed by atoms with Gasteiger partial charge in [-0.2, -0.15) is 0 Å². The van der Waals surface area contributed by atoms with Gasteiger partial charge < -0.3 is 14.8 Å². The van der Waals surface area contributed by atoms with Gasteiger partial charge in [-0.1, -0.05) is 35.9 Å². The van der Waals surface area contributed by atoms with Crippen molar-refractivity contribution in [3.8, 4) is 0 Å². The van der Waals surface area contributed by atoms with Gasteiger partial charge in [-0.25, -0.2) is 9.18 Å². The number of allylic oxidation sites excluding steroid dienone is 3. The summed E-state index contributed by atoms with van der Waals surface area (Å²) in [7, 11) is 0. The van der Waals surface area contributed by atoms with Crippen LogP contribution in [0.2, 0.25) is 5.02 Å². The van der Waals surface area contributed by atoms with Crippen LogP contribution in [0.3, 0.4) is 0 Å². The number of nitrogens with one attached hydrogen (secondary N) is 1. The maximum absolute atomic E-state index is 13.7. The van der Waals surface area contributed by atoms with E-state index in [1.165, 1.54) is 12.1 Å². The number of hydrogen-bond acceptors (Lipinski definition) is 5. The molecule has 0 bridgehead atoms. The van der Waals surface area contributed by atoms with E-state index in [0.717, 1.165) is 11.3 Å². The summed E-state index contributed by atoms with van der Waals surface area (Å²) in [6, 6.07) is 13.4. The number of rotatable bonds is 7. The first-order chi connectivity index (χ1) is 16.4. The van der Waals surface area contributed by atoms with E-state index in [-0.39, 0.29) is 24.1 Å². The highest BCUT2D eigenvalue weighted by atomic mass is 35.5. The second kappa shape index (κ2) is 10.5. The highest BCUT2D eigenvalue weighted by Crippen LogP contribution is 2.45. The number of dihydropyridines is 1. The first-order valence-electron chi connectivity index (χ1n) is 11.4. The summed E-state index contributed by atoms with van der Waals surface area (Å²) >= 11 is 6.03. The molecule has 178 valence electrons. The molecule has 0 saturated carbocycles. The lowest BCUT2D eigenvalue weighted by molar-refractivity contribution is -0.140. The molecule has 1 N–H and O–H groups in total. The standard InChI is InChI=1S/C27H27ClFNO4/c1-3-33-12-13-34-27(32)24-16(2)30-22-14-19(17-4-8-20(28)9-5-17)15-23(31)26(22)25(24)18-6-10-21(29)11-7-18/h4-11,19,25,30H,3,12-15H2,1-2H3/t19-,25-/m0/s1. The predicted molar refractivity (Wildman–Crippen MR) is 128 cm³/mol. The molecular weight excluding hydrogens is 457 g/mol. The number of benzene rings is 2. The zero-order valence-corrected chi connectivity index (χ0v) is 20.0. The van der Waals surface area contributed by atoms with E-state index in [1.807, 2.05) is 31.2 Å². The lowest BCUT2D eigenvalue weighted by Gasteiger charge is -2.36. The van der Waals surface area contributed by atoms with E-state index < -0.39 is 11.9 Å². The number of Topliss-reactive ketones (excluding diaryl/α,β-unsaturated/α-hetero) is 1. The van der Waals surface area contributed by atoms with Crippen LogP contribution in [0.1, 0.15) is 49.7 Å². The van der Waals surface area contributed by atoms with Crippen LogP contribution in [0.25, 0.3) is 0 Å². The van der Waals surface area contributed by atoms with E-state index in [9.17, 15) is 14.0 Å². The Hall–Kier alpha value is -2.96. The molecule has 0 aromatic heterocycles. The van der Waals surface area contributed by atoms with Crippen molar-refractivity contribution in [3.05, 3.63) is 93.0 Å². The van der Waals surface area contributed by atoms with Gasteiger partial charge >= 0.3 is 5.97 Å². The summed E-state index contributed by atoms with van der Waals surface area (Å²) in [5.74, 6) is -1.58. The molecule has 2 atom stereocenters. The van der Waals surface area contributed by atoms with Gasteiger partial charge in [-0.3, -0.25) is 4.79 Å². The topological polar surface area (TPSA) is 64.6 Å². The Morgan fingerprint density at radius 2 is 1.74 bits per heavy atom. The molecule has 34 heavy (non-hydrogen) atoms. The van der Waals surface area contributed by atoms with Crippen LogP contribution in [0, 0.1) is 5.82 Å². The predicted octanol–water partition coefficient (Wildman–Crippen LogP) is 5.42. The van der Waals surface area contributed by atoms with Crippen molar-refractivity contribution in [2.45, 2.75) is 38.5 Å². The number of halogens is 2. The zero-order chi connectivity index (χ0) is 24.2. The number of ketones is 1. The smallest absolute Gasteiger partial charge is 0.336 e. The van der Waals surface area contributed by atoms with E-state index in [4.69, 9.17) is 21.1 Å². The summed E-state index contributed by atoms with van der Waals surface area (Å²) in [6.45, 7) is 4.59. The van der Waals surface area contributed by atoms with E-state index in [2.05, 4.69) is 5.32 Å². The Kier molecular flexibility index (Phi) is 7.49. The van der Waals surface area contributed by atoms with Crippen molar-refractivity contribution in [2.24, 2.45) is 0 Å². The molecular formula is C27H27ClFNO4. The average molecular weight is 484 g/mol. The third kappa shape index (κ3) is 5.08. The van der Waals surface area contributed by atoms with Crippen molar-refractivity contribution < 1.29 is 23.5 Å². The minimum Gasteiger partial charge on any atom is -0.460 e. The van der Waals surface area contributed by atoms with Gasteiger partial charge in [0.1, 0.15) is 12.4 Å². The van der Waals surface area contributed by atoms with Gasteiger partial charge in [0.15, 0.2) is 5.78 Å². The Morgan fingerprint density at radius 1 is 1.06 bits per heavy atom. The van der Waals surface area contributed by atoms with Gasteiger partial charge in [0, 0.05) is 40.9 Å². The molecule has 0 amide bonds. The molecule has 0 radical (unpaired) electrons. The van der Waals surface area contributed by atoms with E-state index >= 15 is 0 Å². The van der Waals surface area contributed by atoms with Crippen LogP contribution in [0.5, 0.6) is 0 Å². The van der Waals surface area contributed by atoms with Crippen molar-refractivity contribution in [3.63, 3.8) is 0 Å². The molecule has 1 heterocycles. The minimum atomic E-state index is -0.630. The first kappa shape index (κ1) is 24.2. The second-order valence-corrected chi connectivity index (χ2v) is 8.89. The van der Waals surface area contributed by atoms with Crippen molar-refractivity contribution >= 4 is 23.4 Å². The zero-order valence-electron chi connectivity index (χ0n) is 19.2. The fourth-order valence-corrected chi connectivity index (χ4v) is 4.81. The second-order valence-electron chi connectivity index (χ2n) is 8.45. The summed E-state index contributed by atoms with van der Waals surface area (Å²) < 4.78 is 24.4. The highest BCUT2D eigenvalue weighted by molar-refractivity contribution is 6.30. The van der Waals surface area contributed by atoms with Crippen LogP contribution in [-0.4, -0.2) is 31.6 Å². The van der Waals surface area contributed by atoms with Crippen LogP contribution < -0.4 is 5.32 Å². The van der Waals surface area contributed by atoms with Crippen LogP contribution >= 0.6 is 11.6 Å². The fraction of sp³-hybridized carbons (Fsp3) is 0.333. The molecule has 4 rings (SSSR count). The molecule has 2 aliphatic rings. The van der Waals surface area contributed by atoms with Crippen LogP contribution in [0.15, 0.2) is 71.1 Å². The van der Waals surface area contributed by atoms with Crippen LogP contribution in [-0.2, 0) is 19.1 Å². The van der Waals surface area contributed by atoms with Gasteiger partial charge in [-0.05, 0) is 61.6 Å². The number of carbonyl (C=O) groups excluding carboxylic acids is 2. The lowest BCUT2D eigenvalue weighted by Crippen LogP contribution is -2.36. The Bertz CT molecular complexity index is 1140. The van der Waals surface area contributed by atoms with Crippen molar-refractivity contribution in [1.29, 1.82) is 0 Å². The van der Waals surface area contributed by atoms with Crippen LogP contribution in [0.4, 0.5) is 4.39 Å². The molecule has 0 saturated heterocycles. The number of esters is 1. The van der Waals surface area contributed by atoms with Gasteiger partial charge in [0.2, 0.25) is 0 Å². The molecule has 2 aromatic rings. The summed E-state index contributed by atoms with van der Waals surface area (Å²) in [6.07, 6.45) is 0.927. The Balaban J connectivity index is 1.70. The summed E-state index contributed by atoms with van der Waals surface area (Å²) in [4.78, 5) is 26.6. The normalized spacial score (nSPS) is 20.2. The van der Waals surface area contributed by atoms with E-state index in [1.54, 1.807) is 19.1 Å². The summed E-state index contributed by atoms with van der Waals surface area (Å²) in [5.41, 5.74) is 4.02. The molecule has 2 aromatic carbocycles. The monoisotopic (exact) mass is 483 g/mol. The van der Waals surface area contributed by atoms with E-state index in [0.29, 0.717) is 53.5 Å². The molecule has 0 spiro atoms. The average Bonchev–Trinajstić information content (AvgIpc) is 2.81. The quantitative estimate of drug-likeness (QED) is 0.421. The number of hydrogen-bond donors (Lipinski definition) is 1. The molecule has 7 heteroatoms. The third-order valence-corrected chi connectivity index (χ3v) is 6.51. The maximum Gasteiger partial charge on any atom is 0.336 e. The Morgan fingerprint density at radius 3 is 2.41 bits per heavy atom. The minimum absolute atomic E-state index is 0.00243. The lowest BCUT2D eigenvalue weighted by atomic mass is 9.72. The maximum atomic E-state index is 13.7. The van der Waals surface area contributed by atoms with Crippen molar-refractivity contribution in [2.75, 3.05) is 19.8 Å². The molecule has 0 unspecified atom stereocenters. The Labute approximate surface area is 203 Å². The SMILES string of the molecule is CCOCCOC(=O)C1=C(C)NC2=C(C(=O)C[C@@H](c3ccc(Cl)cc3)C2)[C@H]1c1ccc(F)cc1. The highest BCUT2D eigenvalue weighted by Gasteiger charge is 2.41. The molecule has 0 fully saturated rings. The number of carbonyl (C=O) groups is 2. The third-order valence-electron chi connectivity index (χ3n) is 6.26. The van der Waals surface area contributed by atoms with Gasteiger partial charge in [0.25, 0.3) is 0 Å². The first-order valence-corrected chi connectivity index (χ1v) is 11.8. The molecule has 1 aliphatic carbocycles. The largest absolute Gasteiger partial charge is 0.460 e. The van der Waals surface area contributed by atoms with Gasteiger partial charge in [-0.15, -0.1) is 0 Å². The summed E-state index contributed by atoms with van der Waals surface area (Å²) in [5, 5.41) is 3.95.